The third-order valence-corrected chi connectivity index (χ3v) is 2.99. The van der Waals surface area contributed by atoms with Gasteiger partial charge in [0.05, 0.1) is 17.3 Å². The molecule has 0 aliphatic rings. The van der Waals surface area contributed by atoms with E-state index < -0.39 is 16.8 Å². The number of hydrogen-bond donors (Lipinski definition) is 1. The first-order valence-corrected chi connectivity index (χ1v) is 6.04. The maximum absolute atomic E-state index is 12.1. The highest BCUT2D eigenvalue weighted by molar-refractivity contribution is 5.83. The van der Waals surface area contributed by atoms with Crippen LogP contribution < -0.4 is 0 Å². The Morgan fingerprint density at radius 1 is 1.45 bits per heavy atom. The average Bonchev–Trinajstić information content (AvgIpc) is 2.43. The molecule has 0 spiro atoms. The van der Waals surface area contributed by atoms with E-state index in [1.807, 2.05) is 0 Å². The summed E-state index contributed by atoms with van der Waals surface area (Å²) < 4.78 is 0. The van der Waals surface area contributed by atoms with Crippen molar-refractivity contribution in [2.45, 2.75) is 19.3 Å². The highest BCUT2D eigenvalue weighted by atomic mass is 16.6. The molecule has 1 N–H and O–H groups in total. The fourth-order valence-electron chi connectivity index (χ4n) is 1.75. The Balaban J connectivity index is 2.80. The van der Waals surface area contributed by atoms with Crippen molar-refractivity contribution in [2.75, 3.05) is 13.6 Å². The molecule has 20 heavy (non-hydrogen) atoms. The predicted octanol–water partition coefficient (Wildman–Crippen LogP) is 1.63. The average molecular weight is 280 g/mol. The fourth-order valence-corrected chi connectivity index (χ4v) is 1.75. The molecule has 108 valence electrons. The molecule has 1 aromatic rings. The molecule has 0 fully saturated rings. The number of nitro benzene ring substituents is 1. The minimum absolute atomic E-state index is 0.0738. The molecule has 1 atom stereocenters. The van der Waals surface area contributed by atoms with Crippen molar-refractivity contribution in [3.63, 3.8) is 0 Å². The zero-order valence-electron chi connectivity index (χ0n) is 11.3. The standard InChI is InChI=1S/C13H16N2O5/c1-9(13(18)14(2)7-6-12(16)17)10-4-3-5-11(8-10)15(19)20/h3-5,8-9H,6-7H2,1-2H3,(H,16,17). The molecule has 1 amide bonds. The second kappa shape index (κ2) is 6.65. The summed E-state index contributed by atoms with van der Waals surface area (Å²) in [4.78, 5) is 34.1. The zero-order valence-corrected chi connectivity index (χ0v) is 11.3. The molecular formula is C13H16N2O5. The zero-order chi connectivity index (χ0) is 15.3. The minimum atomic E-state index is -0.979. The lowest BCUT2D eigenvalue weighted by molar-refractivity contribution is -0.384. The molecule has 1 rings (SSSR count). The van der Waals surface area contributed by atoms with E-state index in [2.05, 4.69) is 0 Å². The second-order valence-corrected chi connectivity index (χ2v) is 4.48. The number of carbonyl (C=O) groups excluding carboxylic acids is 1. The van der Waals surface area contributed by atoms with Gasteiger partial charge in [-0.2, -0.15) is 0 Å². The number of non-ortho nitro benzene ring substituents is 1. The number of nitrogens with zero attached hydrogens (tertiary/aromatic N) is 2. The van der Waals surface area contributed by atoms with Crippen LogP contribution in [0.2, 0.25) is 0 Å². The van der Waals surface area contributed by atoms with Crippen LogP contribution in [0.25, 0.3) is 0 Å². The van der Waals surface area contributed by atoms with Crippen molar-refractivity contribution in [2.24, 2.45) is 0 Å². The maximum Gasteiger partial charge on any atom is 0.305 e. The number of carboxylic acids is 1. The van der Waals surface area contributed by atoms with Crippen LogP contribution in [0.1, 0.15) is 24.8 Å². The quantitative estimate of drug-likeness (QED) is 0.630. The molecule has 7 nitrogen and oxygen atoms in total. The van der Waals surface area contributed by atoms with Gasteiger partial charge in [-0.1, -0.05) is 12.1 Å². The van der Waals surface area contributed by atoms with E-state index in [9.17, 15) is 19.7 Å². The van der Waals surface area contributed by atoms with Crippen LogP contribution in [0.3, 0.4) is 0 Å². The number of aliphatic carboxylic acids is 1. The van der Waals surface area contributed by atoms with Crippen molar-refractivity contribution in [3.05, 3.63) is 39.9 Å². The van der Waals surface area contributed by atoms with Gasteiger partial charge in [0, 0.05) is 25.7 Å². The molecule has 1 unspecified atom stereocenters. The molecule has 0 bridgehead atoms. The lowest BCUT2D eigenvalue weighted by Gasteiger charge is -2.20. The van der Waals surface area contributed by atoms with Crippen LogP contribution in [0.4, 0.5) is 5.69 Å². The summed E-state index contributed by atoms with van der Waals surface area (Å²) in [6, 6.07) is 5.87. The van der Waals surface area contributed by atoms with Crippen molar-refractivity contribution in [1.82, 2.24) is 4.90 Å². The molecule has 7 heteroatoms. The number of nitro groups is 1. The summed E-state index contributed by atoms with van der Waals surface area (Å²) in [5.74, 6) is -1.81. The van der Waals surface area contributed by atoms with Crippen LogP contribution in [-0.4, -0.2) is 40.4 Å². The largest absolute Gasteiger partial charge is 0.481 e. The number of carbonyl (C=O) groups is 2. The van der Waals surface area contributed by atoms with Gasteiger partial charge in [0.2, 0.25) is 5.91 Å². The van der Waals surface area contributed by atoms with E-state index in [0.717, 1.165) is 0 Å². The number of likely N-dealkylation sites (N-methyl/N-ethyl adjacent to an activating group) is 1. The van der Waals surface area contributed by atoms with E-state index in [1.54, 1.807) is 13.0 Å². The highest BCUT2D eigenvalue weighted by Gasteiger charge is 2.21. The Bertz CT molecular complexity index is 529. The Morgan fingerprint density at radius 3 is 2.65 bits per heavy atom. The van der Waals surface area contributed by atoms with Crippen molar-refractivity contribution < 1.29 is 19.6 Å². The van der Waals surface area contributed by atoms with E-state index in [4.69, 9.17) is 5.11 Å². The summed E-state index contributed by atoms with van der Waals surface area (Å²) >= 11 is 0. The number of amides is 1. The van der Waals surface area contributed by atoms with Gasteiger partial charge in [-0.25, -0.2) is 0 Å². The molecule has 0 radical (unpaired) electrons. The van der Waals surface area contributed by atoms with Crippen molar-refractivity contribution in [3.8, 4) is 0 Å². The van der Waals surface area contributed by atoms with E-state index in [-0.39, 0.29) is 24.6 Å². The highest BCUT2D eigenvalue weighted by Crippen LogP contribution is 2.22. The monoisotopic (exact) mass is 280 g/mol. The minimum Gasteiger partial charge on any atom is -0.481 e. The first-order chi connectivity index (χ1) is 9.32. The summed E-state index contributed by atoms with van der Waals surface area (Å²) in [5, 5.41) is 19.3. The predicted molar refractivity (Wildman–Crippen MR) is 71.4 cm³/mol. The van der Waals surface area contributed by atoms with Gasteiger partial charge >= 0.3 is 5.97 Å². The Morgan fingerprint density at radius 2 is 2.10 bits per heavy atom. The van der Waals surface area contributed by atoms with Gasteiger partial charge in [-0.15, -0.1) is 0 Å². The van der Waals surface area contributed by atoms with Gasteiger partial charge in [0.15, 0.2) is 0 Å². The molecule has 0 aliphatic carbocycles. The molecular weight excluding hydrogens is 264 g/mol. The lowest BCUT2D eigenvalue weighted by Crippen LogP contribution is -2.32. The Kier molecular flexibility index (Phi) is 5.19. The summed E-state index contributed by atoms with van der Waals surface area (Å²) in [6.07, 6.45) is -0.135. The molecule has 0 aliphatic heterocycles. The summed E-state index contributed by atoms with van der Waals surface area (Å²) in [6.45, 7) is 1.74. The summed E-state index contributed by atoms with van der Waals surface area (Å²) in [5.41, 5.74) is 0.460. The normalized spacial score (nSPS) is 11.7. The number of hydrogen-bond acceptors (Lipinski definition) is 4. The second-order valence-electron chi connectivity index (χ2n) is 4.48. The van der Waals surface area contributed by atoms with Crippen LogP contribution >= 0.6 is 0 Å². The molecule has 0 aromatic heterocycles. The van der Waals surface area contributed by atoms with E-state index in [0.29, 0.717) is 5.56 Å². The van der Waals surface area contributed by atoms with Crippen LogP contribution in [0.15, 0.2) is 24.3 Å². The SMILES string of the molecule is CC(C(=O)N(C)CCC(=O)O)c1cccc([N+](=O)[O-])c1. The van der Waals surface area contributed by atoms with Gasteiger partial charge < -0.3 is 10.0 Å². The van der Waals surface area contributed by atoms with Crippen LogP contribution in [-0.2, 0) is 9.59 Å². The van der Waals surface area contributed by atoms with Crippen LogP contribution in [0.5, 0.6) is 0 Å². The van der Waals surface area contributed by atoms with Gasteiger partial charge in [-0.3, -0.25) is 19.7 Å². The third kappa shape index (κ3) is 4.04. The fraction of sp³-hybridized carbons (Fsp3) is 0.385. The van der Waals surface area contributed by atoms with Crippen molar-refractivity contribution in [1.29, 1.82) is 0 Å². The maximum atomic E-state index is 12.1. The Labute approximate surface area is 116 Å². The smallest absolute Gasteiger partial charge is 0.305 e. The first kappa shape index (κ1) is 15.6. The van der Waals surface area contributed by atoms with E-state index in [1.165, 1.54) is 30.1 Å². The molecule has 0 saturated carbocycles. The van der Waals surface area contributed by atoms with E-state index >= 15 is 0 Å². The van der Waals surface area contributed by atoms with Crippen molar-refractivity contribution >= 4 is 17.6 Å². The third-order valence-electron chi connectivity index (χ3n) is 2.99. The van der Waals surface area contributed by atoms with Crippen LogP contribution in [0, 0.1) is 10.1 Å². The van der Waals surface area contributed by atoms with Gasteiger partial charge in [0.1, 0.15) is 0 Å². The first-order valence-electron chi connectivity index (χ1n) is 6.04. The number of rotatable bonds is 6. The molecule has 0 saturated heterocycles. The lowest BCUT2D eigenvalue weighted by atomic mass is 9.99. The Hall–Kier alpha value is -2.44. The van der Waals surface area contributed by atoms with Gasteiger partial charge in [-0.05, 0) is 12.5 Å². The van der Waals surface area contributed by atoms with Gasteiger partial charge in [0.25, 0.3) is 5.69 Å². The summed E-state index contributed by atoms with van der Waals surface area (Å²) in [7, 11) is 1.51. The number of carboxylic acid groups (broad SMARTS) is 1. The molecule has 1 aromatic carbocycles. The molecule has 0 heterocycles. The number of benzene rings is 1. The topological polar surface area (TPSA) is 101 Å².